The van der Waals surface area contributed by atoms with Gasteiger partial charge in [-0.05, 0) is 29.8 Å². The first-order chi connectivity index (χ1) is 12.0. The molecular weight excluding hydrogens is 322 g/mol. The van der Waals surface area contributed by atoms with Crippen molar-refractivity contribution < 1.29 is 23.7 Å². The molecule has 0 spiro atoms. The fourth-order valence-corrected chi connectivity index (χ4v) is 2.51. The van der Waals surface area contributed by atoms with E-state index in [1.807, 2.05) is 18.2 Å². The van der Waals surface area contributed by atoms with E-state index in [-0.39, 0.29) is 5.91 Å². The maximum absolute atomic E-state index is 12.8. The highest BCUT2D eigenvalue weighted by atomic mass is 16.5. The monoisotopic (exact) mass is 345 g/mol. The van der Waals surface area contributed by atoms with Crippen LogP contribution in [0.15, 0.2) is 36.4 Å². The number of benzene rings is 2. The zero-order valence-corrected chi connectivity index (χ0v) is 15.2. The van der Waals surface area contributed by atoms with E-state index in [1.165, 1.54) is 7.11 Å². The zero-order chi connectivity index (χ0) is 18.4. The van der Waals surface area contributed by atoms with Crippen molar-refractivity contribution in [3.63, 3.8) is 0 Å². The van der Waals surface area contributed by atoms with Crippen LogP contribution in [0, 0.1) is 0 Å². The molecule has 0 aromatic heterocycles. The minimum atomic E-state index is -0.144. The molecule has 0 fully saturated rings. The highest BCUT2D eigenvalue weighted by Crippen LogP contribution is 2.29. The molecule has 2 aromatic rings. The third-order valence-electron chi connectivity index (χ3n) is 3.85. The first-order valence-electron chi connectivity index (χ1n) is 7.72. The Labute approximate surface area is 147 Å². The molecule has 6 nitrogen and oxygen atoms in total. The Hall–Kier alpha value is -2.89. The Morgan fingerprint density at radius 2 is 1.52 bits per heavy atom. The van der Waals surface area contributed by atoms with Crippen molar-refractivity contribution in [1.29, 1.82) is 0 Å². The van der Waals surface area contributed by atoms with Crippen molar-refractivity contribution in [3.8, 4) is 23.0 Å². The van der Waals surface area contributed by atoms with E-state index >= 15 is 0 Å². The van der Waals surface area contributed by atoms with Gasteiger partial charge in [-0.3, -0.25) is 4.79 Å². The number of rotatable bonds is 7. The molecule has 2 aromatic carbocycles. The van der Waals surface area contributed by atoms with Crippen LogP contribution in [0.4, 0.5) is 0 Å². The first-order valence-corrected chi connectivity index (χ1v) is 7.72. The van der Waals surface area contributed by atoms with Crippen LogP contribution < -0.4 is 18.9 Å². The Balaban J connectivity index is 2.20. The van der Waals surface area contributed by atoms with E-state index in [1.54, 1.807) is 51.5 Å². The molecule has 1 amide bonds. The molecule has 0 aliphatic rings. The molecule has 0 radical (unpaired) electrons. The summed E-state index contributed by atoms with van der Waals surface area (Å²) < 4.78 is 21.0. The normalized spacial score (nSPS) is 10.1. The van der Waals surface area contributed by atoms with Gasteiger partial charge in [-0.2, -0.15) is 0 Å². The fraction of sp³-hybridized carbons (Fsp3) is 0.316. The summed E-state index contributed by atoms with van der Waals surface area (Å²) in [7, 11) is 8.00. The third kappa shape index (κ3) is 4.15. The smallest absolute Gasteiger partial charge is 0.257 e. The maximum atomic E-state index is 12.8. The van der Waals surface area contributed by atoms with Crippen LogP contribution in [-0.2, 0) is 6.54 Å². The van der Waals surface area contributed by atoms with Crippen molar-refractivity contribution in [3.05, 3.63) is 47.5 Å². The summed E-state index contributed by atoms with van der Waals surface area (Å²) in [6, 6.07) is 10.7. The lowest BCUT2D eigenvalue weighted by Crippen LogP contribution is -2.26. The van der Waals surface area contributed by atoms with Gasteiger partial charge < -0.3 is 23.8 Å². The Morgan fingerprint density at radius 1 is 0.840 bits per heavy atom. The molecule has 0 atom stereocenters. The van der Waals surface area contributed by atoms with Gasteiger partial charge in [-0.1, -0.05) is 6.07 Å². The molecular formula is C19H23NO5. The molecule has 0 unspecified atom stereocenters. The Bertz CT molecular complexity index is 745. The molecule has 0 N–H and O–H groups in total. The minimum Gasteiger partial charge on any atom is -0.497 e. The number of methoxy groups -OCH3 is 4. The summed E-state index contributed by atoms with van der Waals surface area (Å²) in [5.74, 6) is 2.24. The molecule has 0 saturated carbocycles. The van der Waals surface area contributed by atoms with Crippen LogP contribution in [0.25, 0.3) is 0 Å². The average molecular weight is 345 g/mol. The van der Waals surface area contributed by atoms with Gasteiger partial charge in [-0.25, -0.2) is 0 Å². The molecule has 25 heavy (non-hydrogen) atoms. The van der Waals surface area contributed by atoms with E-state index in [2.05, 4.69) is 0 Å². The number of ether oxygens (including phenoxy) is 4. The lowest BCUT2D eigenvalue weighted by molar-refractivity contribution is 0.0781. The number of hydrogen-bond donors (Lipinski definition) is 0. The minimum absolute atomic E-state index is 0.144. The highest BCUT2D eigenvalue weighted by Gasteiger charge is 2.18. The molecule has 134 valence electrons. The summed E-state index contributed by atoms with van der Waals surface area (Å²) in [6.07, 6.45) is 0. The van der Waals surface area contributed by atoms with Gasteiger partial charge >= 0.3 is 0 Å². The summed E-state index contributed by atoms with van der Waals surface area (Å²) in [4.78, 5) is 14.4. The molecule has 0 heterocycles. The number of amides is 1. The predicted molar refractivity (Wildman–Crippen MR) is 94.9 cm³/mol. The van der Waals surface area contributed by atoms with Gasteiger partial charge in [0.2, 0.25) is 0 Å². The lowest BCUT2D eigenvalue weighted by Gasteiger charge is -2.20. The summed E-state index contributed by atoms with van der Waals surface area (Å²) in [6.45, 7) is 0.425. The highest BCUT2D eigenvalue weighted by molar-refractivity contribution is 5.97. The van der Waals surface area contributed by atoms with Gasteiger partial charge in [0, 0.05) is 19.7 Å². The van der Waals surface area contributed by atoms with Crippen molar-refractivity contribution in [1.82, 2.24) is 4.90 Å². The quantitative estimate of drug-likeness (QED) is 0.772. The van der Waals surface area contributed by atoms with Crippen LogP contribution in [-0.4, -0.2) is 46.3 Å². The third-order valence-corrected chi connectivity index (χ3v) is 3.85. The number of carbonyl (C=O) groups is 1. The van der Waals surface area contributed by atoms with E-state index in [0.717, 1.165) is 5.56 Å². The van der Waals surface area contributed by atoms with Gasteiger partial charge in [0.25, 0.3) is 5.91 Å². The van der Waals surface area contributed by atoms with E-state index in [9.17, 15) is 4.79 Å². The van der Waals surface area contributed by atoms with Crippen molar-refractivity contribution in [2.45, 2.75) is 6.54 Å². The average Bonchev–Trinajstić information content (AvgIpc) is 2.66. The number of carbonyl (C=O) groups excluding carboxylic acids is 1. The topological polar surface area (TPSA) is 57.2 Å². The molecule has 0 bridgehead atoms. The van der Waals surface area contributed by atoms with Gasteiger partial charge in [-0.15, -0.1) is 0 Å². The standard InChI is InChI=1S/C19H23NO5/c1-20(12-13-6-9-16(23-3)18(10-13)25-5)19(21)15-8-7-14(22-2)11-17(15)24-4/h6-11H,12H2,1-5H3. The van der Waals surface area contributed by atoms with Gasteiger partial charge in [0.05, 0.1) is 34.0 Å². The first kappa shape index (κ1) is 18.4. The van der Waals surface area contributed by atoms with Crippen LogP contribution in [0.1, 0.15) is 15.9 Å². The Morgan fingerprint density at radius 3 is 2.12 bits per heavy atom. The van der Waals surface area contributed by atoms with Crippen molar-refractivity contribution in [2.75, 3.05) is 35.5 Å². The fourth-order valence-electron chi connectivity index (χ4n) is 2.51. The predicted octanol–water partition coefficient (Wildman–Crippen LogP) is 2.99. The molecule has 6 heteroatoms. The SMILES string of the molecule is COc1ccc(C(=O)N(C)Cc2ccc(OC)c(OC)c2)c(OC)c1. The van der Waals surface area contributed by atoms with Crippen LogP contribution in [0.2, 0.25) is 0 Å². The molecule has 0 saturated heterocycles. The second-order valence-corrected chi connectivity index (χ2v) is 5.42. The second kappa shape index (κ2) is 8.28. The van der Waals surface area contributed by atoms with Crippen LogP contribution in [0.3, 0.4) is 0 Å². The Kier molecular flexibility index (Phi) is 6.11. The number of hydrogen-bond acceptors (Lipinski definition) is 5. The maximum Gasteiger partial charge on any atom is 0.257 e. The van der Waals surface area contributed by atoms with Crippen LogP contribution >= 0.6 is 0 Å². The van der Waals surface area contributed by atoms with E-state index in [4.69, 9.17) is 18.9 Å². The second-order valence-electron chi connectivity index (χ2n) is 5.42. The van der Waals surface area contributed by atoms with Crippen molar-refractivity contribution >= 4 is 5.91 Å². The van der Waals surface area contributed by atoms with Gasteiger partial charge in [0.1, 0.15) is 11.5 Å². The largest absolute Gasteiger partial charge is 0.497 e. The summed E-state index contributed by atoms with van der Waals surface area (Å²) in [5, 5.41) is 0. The molecule has 0 aliphatic heterocycles. The van der Waals surface area contributed by atoms with Gasteiger partial charge in [0.15, 0.2) is 11.5 Å². The van der Waals surface area contributed by atoms with Crippen molar-refractivity contribution in [2.24, 2.45) is 0 Å². The van der Waals surface area contributed by atoms with E-state index in [0.29, 0.717) is 35.1 Å². The summed E-state index contributed by atoms with van der Waals surface area (Å²) in [5.41, 5.74) is 1.41. The zero-order valence-electron chi connectivity index (χ0n) is 15.2. The lowest BCUT2D eigenvalue weighted by atomic mass is 10.1. The number of nitrogens with zero attached hydrogens (tertiary/aromatic N) is 1. The van der Waals surface area contributed by atoms with E-state index < -0.39 is 0 Å². The molecule has 2 rings (SSSR count). The summed E-state index contributed by atoms with van der Waals surface area (Å²) >= 11 is 0. The van der Waals surface area contributed by atoms with Crippen LogP contribution in [0.5, 0.6) is 23.0 Å². The molecule has 0 aliphatic carbocycles.